The van der Waals surface area contributed by atoms with Gasteiger partial charge in [-0.05, 0) is 83.3 Å². The van der Waals surface area contributed by atoms with Gasteiger partial charge in [-0.2, -0.15) is 18.1 Å². The van der Waals surface area contributed by atoms with E-state index in [1.54, 1.807) is 33.0 Å². The van der Waals surface area contributed by atoms with Crippen LogP contribution >= 0.6 is 0 Å². The summed E-state index contributed by atoms with van der Waals surface area (Å²) in [4.78, 5) is 50.1. The fraction of sp³-hybridized carbons (Fsp3) is 0.389. The van der Waals surface area contributed by atoms with E-state index >= 15 is 0 Å². The van der Waals surface area contributed by atoms with Crippen LogP contribution in [0.1, 0.15) is 58.1 Å². The van der Waals surface area contributed by atoms with E-state index in [2.05, 4.69) is 30.7 Å². The van der Waals surface area contributed by atoms with Crippen molar-refractivity contribution in [1.29, 1.82) is 0 Å². The maximum absolute atomic E-state index is 14.1. The third kappa shape index (κ3) is 7.46. The average Bonchev–Trinajstić information content (AvgIpc) is 3.67. The van der Waals surface area contributed by atoms with Gasteiger partial charge < -0.3 is 39.2 Å². The molecular weight excluding hydrogens is 713 g/mol. The Morgan fingerprint density at radius 2 is 1.74 bits per heavy atom. The Bertz CT molecular complexity index is 2250. The van der Waals surface area contributed by atoms with Gasteiger partial charge in [0.25, 0.3) is 0 Å². The summed E-state index contributed by atoms with van der Waals surface area (Å²) >= 11 is 0. The number of alkyl halides is 3. The van der Waals surface area contributed by atoms with Crippen LogP contribution in [0.3, 0.4) is 0 Å². The number of hydrogen-bond donors (Lipinski definition) is 3. The molecule has 3 aromatic heterocycles. The summed E-state index contributed by atoms with van der Waals surface area (Å²) in [5.41, 5.74) is -0.541. The molecule has 7 rings (SSSR count). The first-order valence-corrected chi connectivity index (χ1v) is 17.2. The molecule has 4 heterocycles. The van der Waals surface area contributed by atoms with Gasteiger partial charge in [-0.15, -0.1) is 0 Å². The second-order valence-corrected chi connectivity index (χ2v) is 14.3. The average molecular weight is 751 g/mol. The Morgan fingerprint density at radius 3 is 2.41 bits per heavy atom. The molecule has 0 radical (unpaired) electrons. The molecule has 2 aliphatic rings. The minimum Gasteiger partial charge on any atom is -0.490 e. The summed E-state index contributed by atoms with van der Waals surface area (Å²) in [5, 5.41) is 19.8. The van der Waals surface area contributed by atoms with E-state index in [4.69, 9.17) is 14.0 Å². The number of fused-ring (bicyclic) bond motifs is 2. The molecule has 0 unspecified atom stereocenters. The number of nitrogens with zero attached hydrogens (tertiary/aromatic N) is 6. The molecule has 2 fully saturated rings. The van der Waals surface area contributed by atoms with Crippen molar-refractivity contribution >= 4 is 57.4 Å². The molecule has 0 bridgehead atoms. The molecule has 1 saturated carbocycles. The maximum Gasteiger partial charge on any atom is 0.425 e. The van der Waals surface area contributed by atoms with Gasteiger partial charge in [-0.1, -0.05) is 11.2 Å². The number of nitrogens with one attached hydrogen (secondary N) is 2. The van der Waals surface area contributed by atoms with Gasteiger partial charge in [0.15, 0.2) is 11.4 Å². The van der Waals surface area contributed by atoms with Crippen molar-refractivity contribution in [3.63, 3.8) is 0 Å². The van der Waals surface area contributed by atoms with Crippen LogP contribution in [0, 0.1) is 0 Å². The second kappa shape index (κ2) is 13.8. The molecule has 0 atom stereocenters. The minimum absolute atomic E-state index is 0.0826. The van der Waals surface area contributed by atoms with Crippen molar-refractivity contribution in [2.45, 2.75) is 70.4 Å². The highest BCUT2D eigenvalue weighted by atomic mass is 19.4. The summed E-state index contributed by atoms with van der Waals surface area (Å²) in [7, 11) is 1.94. The zero-order valence-electron chi connectivity index (χ0n) is 29.7. The van der Waals surface area contributed by atoms with Gasteiger partial charge in [-0.3, -0.25) is 0 Å². The van der Waals surface area contributed by atoms with Gasteiger partial charge in [0, 0.05) is 36.6 Å². The molecule has 3 N–H and O–H groups in total. The van der Waals surface area contributed by atoms with Crippen molar-refractivity contribution in [3.8, 4) is 16.9 Å². The third-order valence-corrected chi connectivity index (χ3v) is 9.07. The number of piperidine rings is 1. The predicted octanol–water partition coefficient (Wildman–Crippen LogP) is 8.13. The number of hydrogen-bond acceptors (Lipinski definition) is 10. The number of aromatic nitrogens is 4. The van der Waals surface area contributed by atoms with Gasteiger partial charge >= 0.3 is 24.4 Å². The van der Waals surface area contributed by atoms with Crippen molar-refractivity contribution in [2.24, 2.45) is 0 Å². The smallest absolute Gasteiger partial charge is 0.425 e. The molecule has 4 amide bonds. The number of carbonyl (C=O) groups is 3. The number of likely N-dealkylation sites (tertiary alicyclic amines) is 1. The summed E-state index contributed by atoms with van der Waals surface area (Å²) in [6, 6.07) is 5.72. The molecule has 1 aliphatic heterocycles. The third-order valence-electron chi connectivity index (χ3n) is 9.07. The Hall–Kier alpha value is -5.91. The number of halogens is 3. The van der Waals surface area contributed by atoms with Crippen LogP contribution in [0.2, 0.25) is 0 Å². The lowest BCUT2D eigenvalue weighted by atomic mass is 10.0. The molecule has 18 heteroatoms. The Kier molecular flexibility index (Phi) is 9.33. The van der Waals surface area contributed by atoms with E-state index < -0.39 is 35.6 Å². The van der Waals surface area contributed by atoms with Crippen molar-refractivity contribution in [3.05, 3.63) is 54.6 Å². The Balaban J connectivity index is 1.19. The van der Waals surface area contributed by atoms with Crippen molar-refractivity contribution in [2.75, 3.05) is 35.7 Å². The van der Waals surface area contributed by atoms with Crippen LogP contribution in [-0.4, -0.2) is 79.8 Å². The SMILES string of the molecule is CN1CCC(Oc2ccc(NC(=O)Nc3ccc(-c4cn(C5CC5)c5ncnc(N(C(=O)O)C(=O)OC(C)(C)C)c45)c4cnoc34)cc2C(F)(F)F)CC1. The minimum atomic E-state index is -4.74. The van der Waals surface area contributed by atoms with Crippen molar-refractivity contribution in [1.82, 2.24) is 24.6 Å². The largest absolute Gasteiger partial charge is 0.490 e. The number of imide groups is 1. The number of rotatable bonds is 7. The molecule has 284 valence electrons. The topological polar surface area (TPSA) is 177 Å². The van der Waals surface area contributed by atoms with E-state index in [0.29, 0.717) is 53.0 Å². The van der Waals surface area contributed by atoms with Crippen LogP contribution in [0.4, 0.5) is 44.7 Å². The summed E-state index contributed by atoms with van der Waals surface area (Å²) in [6.45, 7) is 6.24. The number of carboxylic acid groups (broad SMARTS) is 1. The maximum atomic E-state index is 14.1. The fourth-order valence-corrected chi connectivity index (χ4v) is 6.43. The van der Waals surface area contributed by atoms with Crippen LogP contribution in [0.25, 0.3) is 33.1 Å². The van der Waals surface area contributed by atoms with Gasteiger partial charge in [-0.25, -0.2) is 24.4 Å². The zero-order valence-corrected chi connectivity index (χ0v) is 29.7. The lowest BCUT2D eigenvalue weighted by Crippen LogP contribution is -2.40. The highest BCUT2D eigenvalue weighted by molar-refractivity contribution is 6.17. The van der Waals surface area contributed by atoms with Gasteiger partial charge in [0.2, 0.25) is 0 Å². The molecule has 0 spiro atoms. The molecule has 15 nitrogen and oxygen atoms in total. The van der Waals surface area contributed by atoms with E-state index in [9.17, 15) is 32.7 Å². The molecule has 54 heavy (non-hydrogen) atoms. The van der Waals surface area contributed by atoms with Crippen LogP contribution in [-0.2, 0) is 10.9 Å². The number of carbonyl (C=O) groups excluding carboxylic acids is 2. The van der Waals surface area contributed by atoms with E-state index in [0.717, 1.165) is 18.9 Å². The first kappa shape index (κ1) is 36.4. The van der Waals surface area contributed by atoms with Crippen molar-refractivity contribution < 1.29 is 46.7 Å². The quantitative estimate of drug-likeness (QED) is 0.146. The number of benzene rings is 2. The zero-order chi connectivity index (χ0) is 38.5. The highest BCUT2D eigenvalue weighted by Crippen LogP contribution is 2.45. The summed E-state index contributed by atoms with van der Waals surface area (Å²) < 4.78 is 60.9. The Labute approximate surface area is 306 Å². The number of ether oxygens (including phenoxy) is 2. The molecule has 5 aromatic rings. The number of urea groups is 1. The summed E-state index contributed by atoms with van der Waals surface area (Å²) in [5.74, 6) is -0.528. The number of amides is 4. The first-order valence-electron chi connectivity index (χ1n) is 17.2. The normalized spacial score (nSPS) is 15.7. The molecule has 1 aliphatic carbocycles. The fourth-order valence-electron chi connectivity index (χ4n) is 6.43. The van der Waals surface area contributed by atoms with Gasteiger partial charge in [0.1, 0.15) is 29.4 Å². The predicted molar refractivity (Wildman–Crippen MR) is 191 cm³/mol. The standard InChI is InChI=1S/C36H37F3N8O7/c1-35(2,3)53-34(51)47(33(49)50)31-28-24(17-46(20-6-7-20)30(28)40-18-41-31)22-8-9-26(29-23(22)16-42-54-29)44-32(48)43-19-5-10-27(25(15-19)36(37,38)39)52-21-11-13-45(4)14-12-21/h5,8-10,15-18,20-21H,6-7,11-14H2,1-4H3,(H,49,50)(H2,43,44,48). The Morgan fingerprint density at radius 1 is 1.00 bits per heavy atom. The van der Waals surface area contributed by atoms with E-state index in [-0.39, 0.29) is 46.1 Å². The lowest BCUT2D eigenvalue weighted by molar-refractivity contribution is -0.139. The van der Waals surface area contributed by atoms with Crippen LogP contribution < -0.4 is 20.3 Å². The van der Waals surface area contributed by atoms with Crippen LogP contribution in [0.5, 0.6) is 5.75 Å². The monoisotopic (exact) mass is 750 g/mol. The lowest BCUT2D eigenvalue weighted by Gasteiger charge is -2.30. The second-order valence-electron chi connectivity index (χ2n) is 14.3. The van der Waals surface area contributed by atoms with Gasteiger partial charge in [0.05, 0.1) is 28.2 Å². The molecular formula is C36H37F3N8O7. The molecule has 1 saturated heterocycles. The number of anilines is 3. The van der Waals surface area contributed by atoms with Crippen LogP contribution in [0.15, 0.2) is 53.6 Å². The summed E-state index contributed by atoms with van der Waals surface area (Å²) in [6.07, 6.45) is -0.595. The van der Waals surface area contributed by atoms with E-state index in [1.165, 1.54) is 30.7 Å². The first-order chi connectivity index (χ1) is 25.6. The molecule has 2 aromatic carbocycles. The highest BCUT2D eigenvalue weighted by Gasteiger charge is 2.37. The van der Waals surface area contributed by atoms with E-state index in [1.807, 2.05) is 11.6 Å².